The number of likely N-dealkylation sites (N-methyl/N-ethyl adjacent to an activating group) is 1. The summed E-state index contributed by atoms with van der Waals surface area (Å²) in [5.74, 6) is 9.00. The topological polar surface area (TPSA) is 50.5 Å². The van der Waals surface area contributed by atoms with Crippen molar-refractivity contribution in [1.82, 2.24) is 10.3 Å². The fourth-order valence-electron chi connectivity index (χ4n) is 2.81. The average Bonchev–Trinajstić information content (AvgIpc) is 2.38. The molecule has 2 saturated heterocycles. The van der Waals surface area contributed by atoms with Gasteiger partial charge in [0, 0.05) is 43.3 Å². The minimum atomic E-state index is 0.427. The van der Waals surface area contributed by atoms with Gasteiger partial charge in [-0.1, -0.05) is 0 Å². The van der Waals surface area contributed by atoms with Crippen LogP contribution in [0.3, 0.4) is 0 Å². The lowest BCUT2D eigenvalue weighted by molar-refractivity contribution is 0.0560. The molecule has 4 nitrogen and oxygen atoms in total. The maximum absolute atomic E-state index is 5.77. The number of nitrogens with zero attached hydrogens (tertiary/aromatic N) is 1. The Labute approximate surface area is 109 Å². The summed E-state index contributed by atoms with van der Waals surface area (Å²) >= 11 is 2.05. The number of ether oxygens (including phenoxy) is 1. The van der Waals surface area contributed by atoms with Gasteiger partial charge in [0.15, 0.2) is 0 Å². The second-order valence-electron chi connectivity index (χ2n) is 5.19. The summed E-state index contributed by atoms with van der Waals surface area (Å²) in [7, 11) is 2.22. The molecule has 17 heavy (non-hydrogen) atoms. The third kappa shape index (κ3) is 3.83. The van der Waals surface area contributed by atoms with Crippen molar-refractivity contribution < 1.29 is 4.74 Å². The SMILES string of the molecule is CN1CCSCC1C(CC1CCOCC1)NN. The third-order valence-corrected chi connectivity index (χ3v) is 5.10. The fraction of sp³-hybridized carbons (Fsp3) is 1.00. The molecular weight excluding hydrogens is 234 g/mol. The highest BCUT2D eigenvalue weighted by molar-refractivity contribution is 7.99. The van der Waals surface area contributed by atoms with Crippen LogP contribution in [0.5, 0.6) is 0 Å². The third-order valence-electron chi connectivity index (χ3n) is 4.05. The Bertz CT molecular complexity index is 224. The number of rotatable bonds is 4. The summed E-state index contributed by atoms with van der Waals surface area (Å²) < 4.78 is 5.42. The lowest BCUT2D eigenvalue weighted by Gasteiger charge is -2.39. The standard InChI is InChI=1S/C12H25N3OS/c1-15-4-7-17-9-12(15)11(14-13)8-10-2-5-16-6-3-10/h10-12,14H,2-9,13H2,1H3. The van der Waals surface area contributed by atoms with E-state index in [-0.39, 0.29) is 0 Å². The Morgan fingerprint density at radius 1 is 1.47 bits per heavy atom. The van der Waals surface area contributed by atoms with Crippen LogP contribution in [0.4, 0.5) is 0 Å². The molecule has 0 aromatic rings. The van der Waals surface area contributed by atoms with Gasteiger partial charge in [-0.3, -0.25) is 11.3 Å². The van der Waals surface area contributed by atoms with Crippen LogP contribution in [-0.4, -0.2) is 55.3 Å². The summed E-state index contributed by atoms with van der Waals surface area (Å²) in [5.41, 5.74) is 3.05. The molecule has 2 fully saturated rings. The van der Waals surface area contributed by atoms with Crippen molar-refractivity contribution in [3.8, 4) is 0 Å². The normalized spacial score (nSPS) is 30.4. The van der Waals surface area contributed by atoms with Gasteiger partial charge in [-0.25, -0.2) is 0 Å². The van der Waals surface area contributed by atoms with Crippen LogP contribution in [0.2, 0.25) is 0 Å². The van der Waals surface area contributed by atoms with Crippen LogP contribution in [-0.2, 0) is 4.74 Å². The van der Waals surface area contributed by atoms with Crippen LogP contribution in [0, 0.1) is 5.92 Å². The van der Waals surface area contributed by atoms with Gasteiger partial charge in [0.05, 0.1) is 0 Å². The number of hydrogen-bond donors (Lipinski definition) is 2. The summed E-state index contributed by atoms with van der Waals surface area (Å²) in [5, 5.41) is 0. The molecule has 2 atom stereocenters. The number of nitrogens with one attached hydrogen (secondary N) is 1. The lowest BCUT2D eigenvalue weighted by Crippen LogP contribution is -2.55. The van der Waals surface area contributed by atoms with E-state index in [9.17, 15) is 0 Å². The van der Waals surface area contributed by atoms with E-state index in [1.54, 1.807) is 0 Å². The van der Waals surface area contributed by atoms with E-state index < -0.39 is 0 Å². The molecule has 5 heteroatoms. The first-order valence-electron chi connectivity index (χ1n) is 6.63. The Hall–Kier alpha value is 0.190. The highest BCUT2D eigenvalue weighted by Gasteiger charge is 2.29. The first-order valence-corrected chi connectivity index (χ1v) is 7.78. The number of nitrogens with two attached hydrogens (primary N) is 1. The molecule has 0 radical (unpaired) electrons. The maximum Gasteiger partial charge on any atom is 0.0468 e. The van der Waals surface area contributed by atoms with Crippen molar-refractivity contribution in [2.24, 2.45) is 11.8 Å². The zero-order valence-corrected chi connectivity index (χ0v) is 11.5. The van der Waals surface area contributed by atoms with E-state index in [1.165, 1.54) is 37.3 Å². The quantitative estimate of drug-likeness (QED) is 0.574. The molecule has 3 N–H and O–H groups in total. The Morgan fingerprint density at radius 3 is 2.88 bits per heavy atom. The van der Waals surface area contributed by atoms with Crippen molar-refractivity contribution >= 4 is 11.8 Å². The van der Waals surface area contributed by atoms with Gasteiger partial charge < -0.3 is 9.64 Å². The number of thioether (sulfide) groups is 1. The number of hydrazine groups is 1. The van der Waals surface area contributed by atoms with Crippen LogP contribution >= 0.6 is 11.8 Å². The molecule has 0 bridgehead atoms. The van der Waals surface area contributed by atoms with Gasteiger partial charge >= 0.3 is 0 Å². The fourth-order valence-corrected chi connectivity index (χ4v) is 4.12. The summed E-state index contributed by atoms with van der Waals surface area (Å²) in [6.07, 6.45) is 3.58. The van der Waals surface area contributed by atoms with Crippen LogP contribution in [0.25, 0.3) is 0 Å². The summed E-state index contributed by atoms with van der Waals surface area (Å²) in [6.45, 7) is 3.04. The summed E-state index contributed by atoms with van der Waals surface area (Å²) in [6, 6.07) is 1.01. The zero-order chi connectivity index (χ0) is 12.1. The average molecular weight is 259 g/mol. The molecule has 2 rings (SSSR count). The predicted octanol–water partition coefficient (Wildman–Crippen LogP) is 0.682. The van der Waals surface area contributed by atoms with Crippen molar-refractivity contribution in [2.75, 3.05) is 38.3 Å². The Balaban J connectivity index is 1.85. The van der Waals surface area contributed by atoms with E-state index in [0.717, 1.165) is 19.1 Å². The van der Waals surface area contributed by atoms with E-state index in [0.29, 0.717) is 12.1 Å². The van der Waals surface area contributed by atoms with Crippen molar-refractivity contribution in [3.05, 3.63) is 0 Å². The lowest BCUT2D eigenvalue weighted by atomic mass is 9.89. The molecule has 0 spiro atoms. The highest BCUT2D eigenvalue weighted by Crippen LogP contribution is 2.25. The Kier molecular flexibility index (Phi) is 5.56. The summed E-state index contributed by atoms with van der Waals surface area (Å²) in [4.78, 5) is 2.46. The van der Waals surface area contributed by atoms with Gasteiger partial charge in [-0.05, 0) is 32.2 Å². The van der Waals surface area contributed by atoms with Crippen LogP contribution < -0.4 is 11.3 Å². The molecule has 0 aromatic carbocycles. The minimum absolute atomic E-state index is 0.427. The zero-order valence-electron chi connectivity index (χ0n) is 10.7. The van der Waals surface area contributed by atoms with E-state index in [1.807, 2.05) is 0 Å². The first-order chi connectivity index (χ1) is 8.31. The molecule has 2 aliphatic rings. The second-order valence-corrected chi connectivity index (χ2v) is 6.34. The molecular formula is C12H25N3OS. The van der Waals surface area contributed by atoms with Crippen molar-refractivity contribution in [2.45, 2.75) is 31.3 Å². The van der Waals surface area contributed by atoms with Crippen molar-refractivity contribution in [1.29, 1.82) is 0 Å². The Morgan fingerprint density at radius 2 is 2.24 bits per heavy atom. The number of hydrogen-bond acceptors (Lipinski definition) is 5. The molecule has 100 valence electrons. The molecule has 0 aliphatic carbocycles. The molecule has 2 heterocycles. The second kappa shape index (κ2) is 6.95. The smallest absolute Gasteiger partial charge is 0.0468 e. The van der Waals surface area contributed by atoms with E-state index >= 15 is 0 Å². The predicted molar refractivity (Wildman–Crippen MR) is 73.0 cm³/mol. The van der Waals surface area contributed by atoms with E-state index in [4.69, 9.17) is 10.6 Å². The largest absolute Gasteiger partial charge is 0.381 e. The molecule has 0 aromatic heterocycles. The maximum atomic E-state index is 5.77. The van der Waals surface area contributed by atoms with Gasteiger partial charge in [0.2, 0.25) is 0 Å². The first kappa shape index (κ1) is 13.6. The van der Waals surface area contributed by atoms with E-state index in [2.05, 4.69) is 29.1 Å². The molecule has 2 aliphatic heterocycles. The van der Waals surface area contributed by atoms with Crippen LogP contribution in [0.15, 0.2) is 0 Å². The van der Waals surface area contributed by atoms with Gasteiger partial charge in [0.25, 0.3) is 0 Å². The minimum Gasteiger partial charge on any atom is -0.381 e. The van der Waals surface area contributed by atoms with Gasteiger partial charge in [-0.2, -0.15) is 11.8 Å². The monoisotopic (exact) mass is 259 g/mol. The van der Waals surface area contributed by atoms with Crippen molar-refractivity contribution in [3.63, 3.8) is 0 Å². The van der Waals surface area contributed by atoms with Gasteiger partial charge in [-0.15, -0.1) is 0 Å². The van der Waals surface area contributed by atoms with Gasteiger partial charge in [0.1, 0.15) is 0 Å². The van der Waals surface area contributed by atoms with Crippen LogP contribution in [0.1, 0.15) is 19.3 Å². The molecule has 0 amide bonds. The molecule has 2 unspecified atom stereocenters. The molecule has 0 saturated carbocycles. The highest BCUT2D eigenvalue weighted by atomic mass is 32.2.